The van der Waals surface area contributed by atoms with E-state index >= 15 is 0 Å². The number of pyridine rings is 2. The summed E-state index contributed by atoms with van der Waals surface area (Å²) in [5, 5.41) is 0.499. The first-order chi connectivity index (χ1) is 16.1. The monoisotopic (exact) mass is 504 g/mol. The fourth-order valence-electron chi connectivity index (χ4n) is 3.98. The summed E-state index contributed by atoms with van der Waals surface area (Å²) in [6, 6.07) is 20.0. The minimum Gasteiger partial charge on any atom is -0.348 e. The van der Waals surface area contributed by atoms with Crippen LogP contribution in [-0.4, -0.2) is 28.5 Å². The number of aromatic nitrogens is 2. The summed E-state index contributed by atoms with van der Waals surface area (Å²) in [7, 11) is 0. The second kappa shape index (κ2) is 9.39. The van der Waals surface area contributed by atoms with Gasteiger partial charge in [-0.1, -0.05) is 42.5 Å². The maximum absolute atomic E-state index is 13.4. The van der Waals surface area contributed by atoms with Crippen molar-refractivity contribution in [1.82, 2.24) is 9.55 Å². The molecule has 1 saturated heterocycles. The van der Waals surface area contributed by atoms with E-state index in [2.05, 4.69) is 20.9 Å². The third-order valence-corrected chi connectivity index (χ3v) is 6.05. The molecule has 0 amide bonds. The van der Waals surface area contributed by atoms with Gasteiger partial charge in [0.2, 0.25) is 5.43 Å². The molecule has 0 radical (unpaired) electrons. The van der Waals surface area contributed by atoms with Crippen LogP contribution in [-0.2, 0) is 16.0 Å². The first kappa shape index (κ1) is 21.7. The van der Waals surface area contributed by atoms with Gasteiger partial charge in [-0.05, 0) is 46.6 Å². The van der Waals surface area contributed by atoms with Crippen LogP contribution in [0.5, 0.6) is 0 Å². The van der Waals surface area contributed by atoms with Crippen LogP contribution in [0, 0.1) is 0 Å². The molecular formula is C26H21BrN2O4. The van der Waals surface area contributed by atoms with E-state index < -0.39 is 6.29 Å². The smallest absolute Gasteiger partial charge is 0.200 e. The third kappa shape index (κ3) is 4.53. The Morgan fingerprint density at radius 3 is 2.52 bits per heavy atom. The zero-order chi connectivity index (χ0) is 22.8. The van der Waals surface area contributed by atoms with Gasteiger partial charge in [0.1, 0.15) is 4.60 Å². The second-order valence-electron chi connectivity index (χ2n) is 7.85. The lowest BCUT2D eigenvalue weighted by Crippen LogP contribution is -2.21. The normalized spacial score (nSPS) is 14.5. The zero-order valence-corrected chi connectivity index (χ0v) is 19.3. The predicted octanol–water partition coefficient (Wildman–Crippen LogP) is 4.87. The maximum atomic E-state index is 13.4. The minimum atomic E-state index is -0.418. The van der Waals surface area contributed by atoms with E-state index in [1.54, 1.807) is 30.5 Å². The Bertz CT molecular complexity index is 1380. The summed E-state index contributed by atoms with van der Waals surface area (Å²) >= 11 is 3.40. The first-order valence-electron chi connectivity index (χ1n) is 10.7. The van der Waals surface area contributed by atoms with Gasteiger partial charge in [0.15, 0.2) is 12.1 Å². The SMILES string of the molecule is O=C(c1ccc(C2OCCCO2)cc1)c1cn(Cc2cccc(Br)n2)c2ccccc2c1=O. The number of carbonyl (C=O) groups excluding carboxylic acids is 1. The molecule has 5 rings (SSSR count). The second-order valence-corrected chi connectivity index (χ2v) is 8.66. The molecule has 1 aliphatic heterocycles. The van der Waals surface area contributed by atoms with Crippen LogP contribution in [0.4, 0.5) is 0 Å². The number of fused-ring (bicyclic) bond motifs is 1. The molecule has 0 bridgehead atoms. The molecule has 4 aromatic rings. The van der Waals surface area contributed by atoms with Crippen LogP contribution >= 0.6 is 15.9 Å². The van der Waals surface area contributed by atoms with Gasteiger partial charge in [0, 0.05) is 22.7 Å². The number of hydrogen-bond donors (Lipinski definition) is 0. The summed E-state index contributed by atoms with van der Waals surface area (Å²) in [5.74, 6) is -0.321. The minimum absolute atomic E-state index is 0.126. The molecule has 0 unspecified atom stereocenters. The Hall–Kier alpha value is -3.13. The van der Waals surface area contributed by atoms with E-state index in [9.17, 15) is 9.59 Å². The first-order valence-corrected chi connectivity index (χ1v) is 11.5. The fourth-order valence-corrected chi connectivity index (χ4v) is 4.36. The van der Waals surface area contributed by atoms with E-state index in [1.165, 1.54) is 0 Å². The molecule has 0 atom stereocenters. The molecule has 0 saturated carbocycles. The lowest BCUT2D eigenvalue weighted by atomic mass is 10.0. The number of rotatable bonds is 5. The van der Waals surface area contributed by atoms with Gasteiger partial charge < -0.3 is 14.0 Å². The van der Waals surface area contributed by atoms with Gasteiger partial charge in [-0.15, -0.1) is 0 Å². The Balaban J connectivity index is 1.52. The van der Waals surface area contributed by atoms with Crippen LogP contribution < -0.4 is 5.43 Å². The quantitative estimate of drug-likeness (QED) is 0.286. The molecule has 166 valence electrons. The van der Waals surface area contributed by atoms with Crippen LogP contribution in [0.2, 0.25) is 0 Å². The summed E-state index contributed by atoms with van der Waals surface area (Å²) in [4.78, 5) is 31.1. The van der Waals surface area contributed by atoms with Gasteiger partial charge in [-0.25, -0.2) is 4.98 Å². The van der Waals surface area contributed by atoms with Crippen molar-refractivity contribution in [3.63, 3.8) is 0 Å². The Kier molecular flexibility index (Phi) is 6.17. The van der Waals surface area contributed by atoms with E-state index in [-0.39, 0.29) is 16.8 Å². The molecular weight excluding hydrogens is 484 g/mol. The average Bonchev–Trinajstić information content (AvgIpc) is 2.86. The van der Waals surface area contributed by atoms with Crippen LogP contribution in [0.25, 0.3) is 10.9 Å². The zero-order valence-electron chi connectivity index (χ0n) is 17.7. The van der Waals surface area contributed by atoms with Gasteiger partial charge in [0.05, 0.1) is 36.5 Å². The number of halogens is 1. The summed E-state index contributed by atoms with van der Waals surface area (Å²) in [5.41, 5.74) is 2.70. The number of ketones is 1. The highest BCUT2D eigenvalue weighted by Gasteiger charge is 2.20. The highest BCUT2D eigenvalue weighted by atomic mass is 79.9. The Morgan fingerprint density at radius 2 is 1.76 bits per heavy atom. The molecule has 2 aromatic carbocycles. The maximum Gasteiger partial charge on any atom is 0.200 e. The lowest BCUT2D eigenvalue weighted by Gasteiger charge is -2.23. The number of benzene rings is 2. The lowest BCUT2D eigenvalue weighted by molar-refractivity contribution is -0.183. The van der Waals surface area contributed by atoms with Gasteiger partial charge >= 0.3 is 0 Å². The average molecular weight is 505 g/mol. The predicted molar refractivity (Wildman–Crippen MR) is 128 cm³/mol. The number of hydrogen-bond acceptors (Lipinski definition) is 5. The number of nitrogens with zero attached hydrogens (tertiary/aromatic N) is 2. The van der Waals surface area contributed by atoms with Crippen molar-refractivity contribution in [3.8, 4) is 0 Å². The molecule has 7 heteroatoms. The molecule has 6 nitrogen and oxygen atoms in total. The summed E-state index contributed by atoms with van der Waals surface area (Å²) in [6.45, 7) is 1.72. The van der Waals surface area contributed by atoms with Crippen molar-refractivity contribution in [2.45, 2.75) is 19.3 Å². The van der Waals surface area contributed by atoms with Crippen LogP contribution in [0.15, 0.2) is 82.3 Å². The standard InChI is InChI=1S/C26H21BrN2O4/c27-23-8-3-5-19(28-23)15-29-16-21(25(31)20-6-1-2-7-22(20)29)24(30)17-9-11-18(12-10-17)26-32-13-4-14-33-26/h1-3,5-12,16,26H,4,13-15H2. The van der Waals surface area contributed by atoms with E-state index in [0.717, 1.165) is 27.8 Å². The topological polar surface area (TPSA) is 70.4 Å². The van der Waals surface area contributed by atoms with Crippen molar-refractivity contribution in [2.24, 2.45) is 0 Å². The van der Waals surface area contributed by atoms with Crippen molar-refractivity contribution in [3.05, 3.63) is 110 Å². The van der Waals surface area contributed by atoms with Crippen LogP contribution in [0.1, 0.15) is 39.9 Å². The highest BCUT2D eigenvalue weighted by molar-refractivity contribution is 9.10. The largest absolute Gasteiger partial charge is 0.348 e. The van der Waals surface area contributed by atoms with E-state index in [0.29, 0.717) is 30.7 Å². The number of carbonyl (C=O) groups is 1. The highest BCUT2D eigenvalue weighted by Crippen LogP contribution is 2.24. The van der Waals surface area contributed by atoms with E-state index in [4.69, 9.17) is 9.47 Å². The Labute approximate surface area is 198 Å². The van der Waals surface area contributed by atoms with Gasteiger partial charge in [-0.2, -0.15) is 0 Å². The third-order valence-electron chi connectivity index (χ3n) is 5.61. The van der Waals surface area contributed by atoms with Crippen molar-refractivity contribution in [2.75, 3.05) is 13.2 Å². The Morgan fingerprint density at radius 1 is 1.00 bits per heavy atom. The van der Waals surface area contributed by atoms with Crippen molar-refractivity contribution >= 4 is 32.6 Å². The number of para-hydroxylation sites is 1. The molecule has 3 heterocycles. The summed E-state index contributed by atoms with van der Waals surface area (Å²) < 4.78 is 13.9. The van der Waals surface area contributed by atoms with Gasteiger partial charge in [-0.3, -0.25) is 9.59 Å². The fraction of sp³-hybridized carbons (Fsp3) is 0.192. The van der Waals surface area contributed by atoms with Crippen LogP contribution in [0.3, 0.4) is 0 Å². The molecule has 0 aliphatic carbocycles. The van der Waals surface area contributed by atoms with E-state index in [1.807, 2.05) is 47.0 Å². The molecule has 1 aliphatic rings. The number of ether oxygens (including phenoxy) is 2. The summed E-state index contributed by atoms with van der Waals surface area (Å²) in [6.07, 6.45) is 2.09. The van der Waals surface area contributed by atoms with Crippen molar-refractivity contribution in [1.29, 1.82) is 0 Å². The molecule has 1 fully saturated rings. The molecule has 2 aromatic heterocycles. The molecule has 0 N–H and O–H groups in total. The van der Waals surface area contributed by atoms with Gasteiger partial charge in [0.25, 0.3) is 0 Å². The molecule has 0 spiro atoms. The molecule has 33 heavy (non-hydrogen) atoms. The van der Waals surface area contributed by atoms with Crippen molar-refractivity contribution < 1.29 is 14.3 Å².